The number of benzene rings is 3. The molecule has 0 aliphatic rings. The van der Waals surface area contributed by atoms with Crippen LogP contribution in [0.2, 0.25) is 0 Å². The Morgan fingerprint density at radius 1 is 0.943 bits per heavy atom. The van der Waals surface area contributed by atoms with Crippen LogP contribution < -0.4 is 5.56 Å². The van der Waals surface area contributed by atoms with Crippen molar-refractivity contribution in [3.63, 3.8) is 0 Å². The largest absolute Gasteiger partial charge is 0.328 e. The van der Waals surface area contributed by atoms with E-state index in [1.54, 1.807) is 4.57 Å². The molecule has 3 aromatic carbocycles. The van der Waals surface area contributed by atoms with Crippen molar-refractivity contribution >= 4 is 16.8 Å². The molecule has 5 nitrogen and oxygen atoms in total. The molecule has 1 heterocycles. The highest BCUT2D eigenvalue weighted by atomic mass is 16.2. The third-order valence-electron chi connectivity index (χ3n) is 6.57. The highest BCUT2D eigenvalue weighted by molar-refractivity contribution is 5.96. The molecule has 0 aliphatic carbocycles. The average Bonchev–Trinajstić information content (AvgIpc) is 2.89. The summed E-state index contributed by atoms with van der Waals surface area (Å²) in [6.45, 7) is 8.75. The van der Waals surface area contributed by atoms with E-state index in [9.17, 15) is 9.59 Å². The summed E-state index contributed by atoms with van der Waals surface area (Å²) in [6, 6.07) is 22.8. The molecule has 4 aromatic rings. The van der Waals surface area contributed by atoms with Crippen molar-refractivity contribution in [3.05, 3.63) is 106 Å². The van der Waals surface area contributed by atoms with Gasteiger partial charge in [-0.05, 0) is 67.6 Å². The summed E-state index contributed by atoms with van der Waals surface area (Å²) in [6.07, 6.45) is 2.36. The molecule has 35 heavy (non-hydrogen) atoms. The minimum atomic E-state index is -0.356. The van der Waals surface area contributed by atoms with Crippen molar-refractivity contribution < 1.29 is 4.79 Å². The lowest BCUT2D eigenvalue weighted by atomic mass is 10.0. The van der Waals surface area contributed by atoms with Crippen LogP contribution in [0.1, 0.15) is 67.0 Å². The van der Waals surface area contributed by atoms with E-state index < -0.39 is 0 Å². The second-order valence-corrected chi connectivity index (χ2v) is 8.89. The first kappa shape index (κ1) is 24.4. The van der Waals surface area contributed by atoms with E-state index in [-0.39, 0.29) is 17.5 Å². The number of hydrogen-bond acceptors (Lipinski definition) is 3. The summed E-state index contributed by atoms with van der Waals surface area (Å²) in [5.74, 6) is 0.558. The lowest BCUT2D eigenvalue weighted by molar-refractivity contribution is 0.0658. The number of fused-ring (bicyclic) bond motifs is 1. The first-order chi connectivity index (χ1) is 17.0. The Kier molecular flexibility index (Phi) is 7.45. The molecule has 0 radical (unpaired) electrons. The molecule has 0 N–H and O–H groups in total. The molecule has 180 valence electrons. The van der Waals surface area contributed by atoms with Crippen LogP contribution in [-0.4, -0.2) is 26.9 Å². The molecule has 1 atom stereocenters. The van der Waals surface area contributed by atoms with Crippen molar-refractivity contribution in [1.29, 1.82) is 0 Å². The van der Waals surface area contributed by atoms with Gasteiger partial charge in [0.2, 0.25) is 0 Å². The second kappa shape index (κ2) is 10.7. The predicted molar refractivity (Wildman–Crippen MR) is 142 cm³/mol. The van der Waals surface area contributed by atoms with Gasteiger partial charge >= 0.3 is 0 Å². The summed E-state index contributed by atoms with van der Waals surface area (Å²) < 4.78 is 1.70. The smallest absolute Gasteiger partial charge is 0.266 e. The zero-order chi connectivity index (χ0) is 24.9. The van der Waals surface area contributed by atoms with Gasteiger partial charge in [0.1, 0.15) is 5.82 Å². The molecule has 4 rings (SSSR count). The first-order valence-corrected chi connectivity index (χ1v) is 12.5. The van der Waals surface area contributed by atoms with Gasteiger partial charge in [0, 0.05) is 12.1 Å². The van der Waals surface area contributed by atoms with Crippen LogP contribution in [0.5, 0.6) is 0 Å². The maximum Gasteiger partial charge on any atom is 0.266 e. The number of rotatable bonds is 8. The molecule has 0 saturated carbocycles. The highest BCUT2D eigenvalue weighted by Crippen LogP contribution is 2.28. The van der Waals surface area contributed by atoms with E-state index in [4.69, 9.17) is 4.98 Å². The zero-order valence-corrected chi connectivity index (χ0v) is 21.0. The molecule has 1 amide bonds. The van der Waals surface area contributed by atoms with Crippen LogP contribution in [0, 0.1) is 6.92 Å². The second-order valence-electron chi connectivity index (χ2n) is 8.89. The third kappa shape index (κ3) is 4.76. The number of amides is 1. The standard InChI is InChI=1S/C30H33N3O2/c1-5-20-32(29(34)24-13-9-8-12-21(24)4)27(7-3)28-31-26-15-11-10-14-25(26)30(35)33(28)23-18-16-22(6-2)17-19-23/h8-19,27H,5-7,20H2,1-4H3. The van der Waals surface area contributed by atoms with Gasteiger partial charge in [0.25, 0.3) is 11.5 Å². The summed E-state index contributed by atoms with van der Waals surface area (Å²) >= 11 is 0. The number of hydrogen-bond donors (Lipinski definition) is 0. The Bertz CT molecular complexity index is 1390. The van der Waals surface area contributed by atoms with Crippen LogP contribution in [0.25, 0.3) is 16.6 Å². The van der Waals surface area contributed by atoms with E-state index in [1.807, 2.05) is 91.5 Å². The van der Waals surface area contributed by atoms with Crippen LogP contribution in [0.4, 0.5) is 0 Å². The fraction of sp³-hybridized carbons (Fsp3) is 0.300. The van der Waals surface area contributed by atoms with Gasteiger partial charge in [-0.1, -0.05) is 63.2 Å². The van der Waals surface area contributed by atoms with E-state index in [0.29, 0.717) is 35.3 Å². The number of para-hydroxylation sites is 1. The van der Waals surface area contributed by atoms with E-state index in [2.05, 4.69) is 13.8 Å². The van der Waals surface area contributed by atoms with Crippen LogP contribution >= 0.6 is 0 Å². The quantitative estimate of drug-likeness (QED) is 0.307. The van der Waals surface area contributed by atoms with Crippen molar-refractivity contribution in [2.24, 2.45) is 0 Å². The summed E-state index contributed by atoms with van der Waals surface area (Å²) in [5.41, 5.74) is 4.11. The summed E-state index contributed by atoms with van der Waals surface area (Å²) in [4.78, 5) is 34.5. The minimum absolute atomic E-state index is 0.0351. The number of aromatic nitrogens is 2. The van der Waals surface area contributed by atoms with Crippen LogP contribution in [0.3, 0.4) is 0 Å². The Hall–Kier alpha value is -3.73. The zero-order valence-electron chi connectivity index (χ0n) is 21.0. The van der Waals surface area contributed by atoms with Gasteiger partial charge in [-0.2, -0.15) is 0 Å². The van der Waals surface area contributed by atoms with Crippen molar-refractivity contribution in [3.8, 4) is 5.69 Å². The van der Waals surface area contributed by atoms with Gasteiger partial charge in [-0.15, -0.1) is 0 Å². The van der Waals surface area contributed by atoms with E-state index in [1.165, 1.54) is 5.56 Å². The Morgan fingerprint density at radius 3 is 2.29 bits per heavy atom. The number of carbonyl (C=O) groups is 1. The highest BCUT2D eigenvalue weighted by Gasteiger charge is 2.29. The SMILES string of the molecule is CCCN(C(=O)c1ccccc1C)C(CC)c1nc2ccccc2c(=O)n1-c1ccc(CC)cc1. The van der Waals surface area contributed by atoms with Gasteiger partial charge in [0.05, 0.1) is 22.6 Å². The average molecular weight is 468 g/mol. The van der Waals surface area contributed by atoms with E-state index >= 15 is 0 Å². The molecule has 0 saturated heterocycles. The molecule has 5 heteroatoms. The Morgan fingerprint density at radius 2 is 1.63 bits per heavy atom. The predicted octanol–water partition coefficient (Wildman–Crippen LogP) is 6.26. The normalized spacial score (nSPS) is 12.0. The van der Waals surface area contributed by atoms with Gasteiger partial charge in [0.15, 0.2) is 0 Å². The topological polar surface area (TPSA) is 55.2 Å². The molecular weight excluding hydrogens is 434 g/mol. The fourth-order valence-electron chi connectivity index (χ4n) is 4.65. The minimum Gasteiger partial charge on any atom is -0.328 e. The van der Waals surface area contributed by atoms with Crippen LogP contribution in [0.15, 0.2) is 77.6 Å². The fourth-order valence-corrected chi connectivity index (χ4v) is 4.65. The van der Waals surface area contributed by atoms with E-state index in [0.717, 1.165) is 24.1 Å². The van der Waals surface area contributed by atoms with Crippen molar-refractivity contribution in [1.82, 2.24) is 14.5 Å². The Balaban J connectivity index is 1.94. The van der Waals surface area contributed by atoms with Crippen molar-refractivity contribution in [2.45, 2.75) is 53.0 Å². The molecule has 1 aromatic heterocycles. The molecule has 0 fully saturated rings. The molecule has 1 unspecified atom stereocenters. The van der Waals surface area contributed by atoms with Gasteiger partial charge < -0.3 is 4.90 Å². The maximum absolute atomic E-state index is 13.8. The van der Waals surface area contributed by atoms with Crippen LogP contribution in [-0.2, 0) is 6.42 Å². The third-order valence-corrected chi connectivity index (χ3v) is 6.57. The maximum atomic E-state index is 13.8. The number of aryl methyl sites for hydroxylation is 2. The molecule has 0 bridgehead atoms. The lowest BCUT2D eigenvalue weighted by Gasteiger charge is -2.32. The number of carbonyl (C=O) groups excluding carboxylic acids is 1. The molecular formula is C30H33N3O2. The van der Waals surface area contributed by atoms with Gasteiger partial charge in [-0.3, -0.25) is 14.2 Å². The van der Waals surface area contributed by atoms with Gasteiger partial charge in [-0.25, -0.2) is 4.98 Å². The monoisotopic (exact) mass is 467 g/mol. The molecule has 0 spiro atoms. The summed E-state index contributed by atoms with van der Waals surface area (Å²) in [7, 11) is 0. The first-order valence-electron chi connectivity index (χ1n) is 12.5. The molecule has 0 aliphatic heterocycles. The lowest BCUT2D eigenvalue weighted by Crippen LogP contribution is -2.39. The number of nitrogens with zero attached hydrogens (tertiary/aromatic N) is 3. The summed E-state index contributed by atoms with van der Waals surface area (Å²) in [5, 5.41) is 0.568. The van der Waals surface area contributed by atoms with Crippen molar-refractivity contribution in [2.75, 3.05) is 6.54 Å². The Labute approximate surface area is 207 Å².